The fraction of sp³-hybridized carbons (Fsp3) is 0.474. The summed E-state index contributed by atoms with van der Waals surface area (Å²) in [4.78, 5) is 23.7. The number of carboxylic acid groups (broad SMARTS) is 1. The van der Waals surface area contributed by atoms with Crippen LogP contribution in [0.25, 0.3) is 10.9 Å². The van der Waals surface area contributed by atoms with Gasteiger partial charge in [0, 0.05) is 17.6 Å². The minimum Gasteiger partial charge on any atom is -0.477 e. The molecule has 1 aliphatic rings. The van der Waals surface area contributed by atoms with Crippen molar-refractivity contribution in [2.75, 3.05) is 12.0 Å². The SMILES string of the molecule is CC(CF)n1cc(C(=O)O)c(=O)c2cc(F)c(NC3CCCCC3)cc21. The zero-order valence-corrected chi connectivity index (χ0v) is 14.6. The maximum absolute atomic E-state index is 14.6. The lowest BCUT2D eigenvalue weighted by molar-refractivity contribution is 0.0694. The van der Waals surface area contributed by atoms with E-state index in [1.165, 1.54) is 17.1 Å². The van der Waals surface area contributed by atoms with Crippen LogP contribution in [0, 0.1) is 5.82 Å². The van der Waals surface area contributed by atoms with Crippen LogP contribution in [-0.2, 0) is 0 Å². The summed E-state index contributed by atoms with van der Waals surface area (Å²) >= 11 is 0. The number of aromatic carboxylic acids is 1. The quantitative estimate of drug-likeness (QED) is 0.837. The van der Waals surface area contributed by atoms with E-state index in [1.54, 1.807) is 6.92 Å². The van der Waals surface area contributed by atoms with Crippen molar-refractivity contribution in [2.45, 2.75) is 51.1 Å². The fourth-order valence-corrected chi connectivity index (χ4v) is 3.54. The van der Waals surface area contributed by atoms with Crippen molar-refractivity contribution < 1.29 is 18.7 Å². The number of nitrogens with one attached hydrogen (secondary N) is 1. The van der Waals surface area contributed by atoms with E-state index in [1.807, 2.05) is 0 Å². The lowest BCUT2D eigenvalue weighted by atomic mass is 9.95. The number of anilines is 1. The Morgan fingerprint density at radius 2 is 2.04 bits per heavy atom. The predicted molar refractivity (Wildman–Crippen MR) is 96.3 cm³/mol. The van der Waals surface area contributed by atoms with Gasteiger partial charge in [0.15, 0.2) is 0 Å². The smallest absolute Gasteiger partial charge is 0.341 e. The summed E-state index contributed by atoms with van der Waals surface area (Å²) in [6.45, 7) is 0.840. The van der Waals surface area contributed by atoms with Crippen LogP contribution in [0.3, 0.4) is 0 Å². The highest BCUT2D eigenvalue weighted by atomic mass is 19.1. The predicted octanol–water partition coefficient (Wildman–Crippen LogP) is 4.11. The van der Waals surface area contributed by atoms with Crippen molar-refractivity contribution in [3.63, 3.8) is 0 Å². The molecular weight excluding hydrogens is 342 g/mol. The van der Waals surface area contributed by atoms with E-state index in [-0.39, 0.29) is 17.1 Å². The molecule has 0 radical (unpaired) electrons. The number of aromatic nitrogens is 1. The molecule has 0 amide bonds. The molecule has 1 atom stereocenters. The molecule has 0 saturated heterocycles. The third-order valence-corrected chi connectivity index (χ3v) is 5.01. The molecule has 1 aliphatic carbocycles. The van der Waals surface area contributed by atoms with Crippen molar-refractivity contribution in [1.82, 2.24) is 4.57 Å². The molecule has 1 fully saturated rings. The Labute approximate surface area is 149 Å². The van der Waals surface area contributed by atoms with Crippen LogP contribution < -0.4 is 10.7 Å². The minimum atomic E-state index is -1.42. The number of halogens is 2. The Balaban J connectivity index is 2.16. The summed E-state index contributed by atoms with van der Waals surface area (Å²) in [5.41, 5.74) is -0.681. The van der Waals surface area contributed by atoms with Gasteiger partial charge < -0.3 is 15.0 Å². The van der Waals surface area contributed by atoms with Gasteiger partial charge in [0.05, 0.1) is 17.2 Å². The summed E-state index contributed by atoms with van der Waals surface area (Å²) in [5, 5.41) is 12.4. The second kappa shape index (κ2) is 7.43. The van der Waals surface area contributed by atoms with Crippen LogP contribution >= 0.6 is 0 Å². The molecular formula is C19H22F2N2O3. The van der Waals surface area contributed by atoms with E-state index in [2.05, 4.69) is 5.32 Å². The first-order valence-electron chi connectivity index (χ1n) is 8.86. The second-order valence-electron chi connectivity index (χ2n) is 6.92. The van der Waals surface area contributed by atoms with E-state index >= 15 is 0 Å². The molecule has 2 aromatic rings. The highest BCUT2D eigenvalue weighted by Gasteiger charge is 2.21. The number of fused-ring (bicyclic) bond motifs is 1. The first-order valence-corrected chi connectivity index (χ1v) is 8.86. The number of benzene rings is 1. The maximum Gasteiger partial charge on any atom is 0.341 e. The van der Waals surface area contributed by atoms with Crippen molar-refractivity contribution in [3.8, 4) is 0 Å². The number of hydrogen-bond acceptors (Lipinski definition) is 3. The molecule has 26 heavy (non-hydrogen) atoms. The maximum atomic E-state index is 14.6. The Kier molecular flexibility index (Phi) is 5.25. The van der Waals surface area contributed by atoms with Gasteiger partial charge in [0.25, 0.3) is 0 Å². The number of hydrogen-bond donors (Lipinski definition) is 2. The molecule has 1 saturated carbocycles. The standard InChI is InChI=1S/C19H22F2N2O3/c1-11(9-20)23-10-14(19(25)26)18(24)13-7-15(21)16(8-17(13)23)22-12-5-3-2-4-6-12/h7-8,10-12,22H,2-6,9H2,1H3,(H,25,26). The Morgan fingerprint density at radius 1 is 1.35 bits per heavy atom. The van der Waals surface area contributed by atoms with E-state index in [4.69, 9.17) is 0 Å². The van der Waals surface area contributed by atoms with Crippen molar-refractivity contribution in [2.24, 2.45) is 0 Å². The Hall–Kier alpha value is -2.44. The molecule has 1 aromatic heterocycles. The van der Waals surface area contributed by atoms with Gasteiger partial charge in [-0.2, -0.15) is 0 Å². The van der Waals surface area contributed by atoms with Crippen molar-refractivity contribution in [1.29, 1.82) is 0 Å². The van der Waals surface area contributed by atoms with E-state index < -0.39 is 35.5 Å². The normalized spacial score (nSPS) is 16.6. The zero-order chi connectivity index (χ0) is 18.8. The Morgan fingerprint density at radius 3 is 2.65 bits per heavy atom. The average molecular weight is 364 g/mol. The van der Waals surface area contributed by atoms with Gasteiger partial charge in [-0.3, -0.25) is 4.79 Å². The Bertz CT molecular complexity index is 888. The highest BCUT2D eigenvalue weighted by molar-refractivity contribution is 5.93. The lowest BCUT2D eigenvalue weighted by Gasteiger charge is -2.25. The first kappa shape index (κ1) is 18.4. The van der Waals surface area contributed by atoms with E-state index in [0.717, 1.165) is 37.9 Å². The minimum absolute atomic E-state index is 0.0584. The van der Waals surface area contributed by atoms with E-state index in [0.29, 0.717) is 5.52 Å². The van der Waals surface area contributed by atoms with Crippen LogP contribution in [0.2, 0.25) is 0 Å². The largest absolute Gasteiger partial charge is 0.477 e. The zero-order valence-electron chi connectivity index (χ0n) is 14.6. The molecule has 0 spiro atoms. The van der Waals surface area contributed by atoms with Crippen LogP contribution in [0.15, 0.2) is 23.1 Å². The first-order chi connectivity index (χ1) is 12.4. The summed E-state index contributed by atoms with van der Waals surface area (Å²) < 4.78 is 29.2. The van der Waals surface area contributed by atoms with Gasteiger partial charge >= 0.3 is 5.97 Å². The third kappa shape index (κ3) is 3.43. The topological polar surface area (TPSA) is 71.3 Å². The molecule has 5 nitrogen and oxygen atoms in total. The van der Waals surface area contributed by atoms with Crippen molar-refractivity contribution >= 4 is 22.6 Å². The second-order valence-corrected chi connectivity index (χ2v) is 6.92. The number of carboxylic acids is 1. The average Bonchev–Trinajstić information content (AvgIpc) is 2.63. The van der Waals surface area contributed by atoms with Crippen molar-refractivity contribution in [3.05, 3.63) is 39.9 Å². The number of alkyl halides is 1. The molecule has 1 heterocycles. The fourth-order valence-electron chi connectivity index (χ4n) is 3.54. The number of carbonyl (C=O) groups is 1. The summed E-state index contributed by atoms with van der Waals surface area (Å²) in [6.07, 6.45) is 6.37. The number of pyridine rings is 1. The van der Waals surface area contributed by atoms with Crippen LogP contribution in [0.4, 0.5) is 14.5 Å². The van der Waals surface area contributed by atoms with Gasteiger partial charge in [-0.15, -0.1) is 0 Å². The van der Waals surface area contributed by atoms with Gasteiger partial charge in [-0.25, -0.2) is 13.6 Å². The van der Waals surface area contributed by atoms with E-state index in [9.17, 15) is 23.5 Å². The van der Waals surface area contributed by atoms with Gasteiger partial charge in [0.2, 0.25) is 5.43 Å². The van der Waals surface area contributed by atoms with Gasteiger partial charge in [-0.05, 0) is 31.9 Å². The molecule has 0 bridgehead atoms. The molecule has 3 rings (SSSR count). The molecule has 2 N–H and O–H groups in total. The summed E-state index contributed by atoms with van der Waals surface area (Å²) in [6, 6.07) is 2.02. The van der Waals surface area contributed by atoms with Gasteiger partial charge in [0.1, 0.15) is 18.1 Å². The van der Waals surface area contributed by atoms with Crippen LogP contribution in [0.5, 0.6) is 0 Å². The molecule has 0 aliphatic heterocycles. The summed E-state index contributed by atoms with van der Waals surface area (Å²) in [5.74, 6) is -2.02. The lowest BCUT2D eigenvalue weighted by Crippen LogP contribution is -2.24. The number of nitrogens with zero attached hydrogens (tertiary/aromatic N) is 1. The van der Waals surface area contributed by atoms with Crippen LogP contribution in [-0.4, -0.2) is 28.4 Å². The van der Waals surface area contributed by atoms with Crippen LogP contribution in [0.1, 0.15) is 55.4 Å². The molecule has 1 aromatic carbocycles. The third-order valence-electron chi connectivity index (χ3n) is 5.01. The number of rotatable bonds is 5. The molecule has 7 heteroatoms. The molecule has 1 unspecified atom stereocenters. The monoisotopic (exact) mass is 364 g/mol. The van der Waals surface area contributed by atoms with Gasteiger partial charge in [-0.1, -0.05) is 19.3 Å². The molecule has 140 valence electrons. The highest BCUT2D eigenvalue weighted by Crippen LogP contribution is 2.27. The summed E-state index contributed by atoms with van der Waals surface area (Å²) in [7, 11) is 0.